The van der Waals surface area contributed by atoms with Crippen LogP contribution in [0.3, 0.4) is 0 Å². The SMILES string of the molecule is COC(=O)CCNC1CC(C(=O)Nc2ccc(C)nc2OC(F)F)(c2ccccc2C(C)C)C1. The van der Waals surface area contributed by atoms with Gasteiger partial charge < -0.3 is 20.1 Å². The number of alkyl halides is 2. The molecule has 0 spiro atoms. The van der Waals surface area contributed by atoms with Gasteiger partial charge in [-0.15, -0.1) is 0 Å². The van der Waals surface area contributed by atoms with E-state index in [0.29, 0.717) is 25.1 Å². The molecule has 3 rings (SSSR count). The van der Waals surface area contributed by atoms with Crippen molar-refractivity contribution in [2.45, 2.75) is 64.0 Å². The van der Waals surface area contributed by atoms with Crippen molar-refractivity contribution in [3.05, 3.63) is 53.2 Å². The highest BCUT2D eigenvalue weighted by atomic mass is 19.3. The van der Waals surface area contributed by atoms with Gasteiger partial charge in [-0.3, -0.25) is 9.59 Å². The number of nitrogens with one attached hydrogen (secondary N) is 2. The van der Waals surface area contributed by atoms with E-state index >= 15 is 0 Å². The Labute approximate surface area is 198 Å². The zero-order valence-electron chi connectivity index (χ0n) is 19.9. The Morgan fingerprint density at radius 1 is 1.18 bits per heavy atom. The summed E-state index contributed by atoms with van der Waals surface area (Å²) in [5.41, 5.74) is 1.68. The molecule has 1 aromatic carbocycles. The molecule has 1 heterocycles. The number of nitrogens with zero attached hydrogens (tertiary/aromatic N) is 1. The van der Waals surface area contributed by atoms with Gasteiger partial charge in [-0.05, 0) is 48.9 Å². The van der Waals surface area contributed by atoms with Crippen LogP contribution in [0.4, 0.5) is 14.5 Å². The van der Waals surface area contributed by atoms with Crippen molar-refractivity contribution in [3.8, 4) is 5.88 Å². The summed E-state index contributed by atoms with van der Waals surface area (Å²) in [5.74, 6) is -0.746. The summed E-state index contributed by atoms with van der Waals surface area (Å²) in [4.78, 5) is 29.1. The molecule has 0 bridgehead atoms. The third-order valence-electron chi connectivity index (χ3n) is 6.16. The highest BCUT2D eigenvalue weighted by molar-refractivity contribution is 6.01. The Kier molecular flexibility index (Phi) is 8.19. The molecule has 0 aliphatic heterocycles. The van der Waals surface area contributed by atoms with E-state index in [2.05, 4.69) is 38.9 Å². The van der Waals surface area contributed by atoms with Crippen molar-refractivity contribution in [3.63, 3.8) is 0 Å². The highest BCUT2D eigenvalue weighted by Gasteiger charge is 2.52. The Morgan fingerprint density at radius 3 is 2.53 bits per heavy atom. The number of aromatic nitrogens is 1. The predicted molar refractivity (Wildman–Crippen MR) is 124 cm³/mol. The molecule has 1 aliphatic rings. The lowest BCUT2D eigenvalue weighted by Gasteiger charge is -2.48. The molecular weight excluding hydrogens is 444 g/mol. The van der Waals surface area contributed by atoms with Crippen LogP contribution in [-0.2, 0) is 19.7 Å². The summed E-state index contributed by atoms with van der Waals surface area (Å²) >= 11 is 0. The molecule has 0 saturated heterocycles. The van der Waals surface area contributed by atoms with Crippen molar-refractivity contribution < 1.29 is 27.8 Å². The molecule has 2 N–H and O–H groups in total. The van der Waals surface area contributed by atoms with Gasteiger partial charge in [0.2, 0.25) is 11.8 Å². The zero-order valence-corrected chi connectivity index (χ0v) is 19.9. The number of ether oxygens (including phenoxy) is 2. The van der Waals surface area contributed by atoms with Gasteiger partial charge in [-0.1, -0.05) is 38.1 Å². The molecule has 2 aromatic rings. The number of carbonyl (C=O) groups is 2. The van der Waals surface area contributed by atoms with Crippen molar-refractivity contribution in [2.75, 3.05) is 19.0 Å². The van der Waals surface area contributed by atoms with Crippen molar-refractivity contribution in [2.24, 2.45) is 0 Å². The quantitative estimate of drug-likeness (QED) is 0.498. The molecule has 0 radical (unpaired) electrons. The molecule has 1 fully saturated rings. The third-order valence-corrected chi connectivity index (χ3v) is 6.16. The van der Waals surface area contributed by atoms with Crippen molar-refractivity contribution in [1.29, 1.82) is 0 Å². The van der Waals surface area contributed by atoms with Crippen LogP contribution in [0, 0.1) is 6.92 Å². The minimum atomic E-state index is -3.06. The van der Waals surface area contributed by atoms with Gasteiger partial charge in [0.25, 0.3) is 0 Å². The van der Waals surface area contributed by atoms with Gasteiger partial charge in [0.1, 0.15) is 5.69 Å². The van der Waals surface area contributed by atoms with Gasteiger partial charge in [-0.25, -0.2) is 4.98 Å². The lowest BCUT2D eigenvalue weighted by atomic mass is 9.59. The van der Waals surface area contributed by atoms with Crippen LogP contribution in [0.15, 0.2) is 36.4 Å². The first kappa shape index (κ1) is 25.6. The van der Waals surface area contributed by atoms with Crippen LogP contribution in [0.2, 0.25) is 0 Å². The molecule has 1 aliphatic carbocycles. The van der Waals surface area contributed by atoms with E-state index in [0.717, 1.165) is 11.1 Å². The second kappa shape index (κ2) is 10.9. The van der Waals surface area contributed by atoms with Crippen LogP contribution in [0.25, 0.3) is 0 Å². The molecule has 1 amide bonds. The summed E-state index contributed by atoms with van der Waals surface area (Å²) in [7, 11) is 1.34. The first-order chi connectivity index (χ1) is 16.2. The van der Waals surface area contributed by atoms with Gasteiger partial charge in [-0.2, -0.15) is 8.78 Å². The molecule has 9 heteroatoms. The number of benzene rings is 1. The standard InChI is InChI=1S/C25H31F2N3O4/c1-15(2)18-7-5-6-8-19(18)25(13-17(14-25)28-12-11-21(31)33-4)23(32)30-20-10-9-16(3)29-22(20)34-24(26)27/h5-10,15,17,24,28H,11-14H2,1-4H3,(H,30,32). The van der Waals surface area contributed by atoms with Crippen LogP contribution in [0.5, 0.6) is 5.88 Å². The van der Waals surface area contributed by atoms with E-state index in [4.69, 9.17) is 0 Å². The number of rotatable bonds is 10. The third kappa shape index (κ3) is 5.70. The number of amides is 1. The Bertz CT molecular complexity index is 1020. The summed E-state index contributed by atoms with van der Waals surface area (Å²) in [6.07, 6.45) is 1.22. The largest absolute Gasteiger partial charge is 0.469 e. The van der Waals surface area contributed by atoms with Gasteiger partial charge >= 0.3 is 12.6 Å². The van der Waals surface area contributed by atoms with Gasteiger partial charge in [0, 0.05) is 18.3 Å². The second-order valence-corrected chi connectivity index (χ2v) is 8.85. The highest BCUT2D eigenvalue weighted by Crippen LogP contribution is 2.47. The maximum atomic E-state index is 13.7. The summed E-state index contributed by atoms with van der Waals surface area (Å²) < 4.78 is 35.1. The molecule has 7 nitrogen and oxygen atoms in total. The number of esters is 1. The van der Waals surface area contributed by atoms with Crippen molar-refractivity contribution >= 4 is 17.6 Å². The fourth-order valence-corrected chi connectivity index (χ4v) is 4.41. The molecule has 0 unspecified atom stereocenters. The molecule has 1 saturated carbocycles. The van der Waals surface area contributed by atoms with Crippen LogP contribution < -0.4 is 15.4 Å². The average molecular weight is 476 g/mol. The number of hydrogen-bond donors (Lipinski definition) is 2. The van der Waals surface area contributed by atoms with Gasteiger partial charge in [0.05, 0.1) is 18.9 Å². The summed E-state index contributed by atoms with van der Waals surface area (Å²) in [6, 6.07) is 10.9. The van der Waals surface area contributed by atoms with Crippen LogP contribution in [-0.4, -0.2) is 43.2 Å². The fraction of sp³-hybridized carbons (Fsp3) is 0.480. The van der Waals surface area contributed by atoms with E-state index in [1.54, 1.807) is 13.0 Å². The molecule has 34 heavy (non-hydrogen) atoms. The minimum Gasteiger partial charge on any atom is -0.469 e. The first-order valence-corrected chi connectivity index (χ1v) is 11.3. The molecule has 1 aromatic heterocycles. The van der Waals surface area contributed by atoms with Gasteiger partial charge in [0.15, 0.2) is 0 Å². The Morgan fingerprint density at radius 2 is 1.88 bits per heavy atom. The maximum Gasteiger partial charge on any atom is 0.388 e. The Balaban J connectivity index is 1.88. The molecule has 0 atom stereocenters. The van der Waals surface area contributed by atoms with E-state index in [1.807, 2.05) is 24.3 Å². The van der Waals surface area contributed by atoms with Crippen LogP contribution >= 0.6 is 0 Å². The zero-order chi connectivity index (χ0) is 24.9. The number of halogens is 2. The second-order valence-electron chi connectivity index (χ2n) is 8.85. The predicted octanol–water partition coefficient (Wildman–Crippen LogP) is 4.31. The minimum absolute atomic E-state index is 0.0172. The molecular formula is C25H31F2N3O4. The van der Waals surface area contributed by atoms with E-state index in [-0.39, 0.29) is 41.8 Å². The Hall–Kier alpha value is -3.07. The van der Waals surface area contributed by atoms with E-state index < -0.39 is 12.0 Å². The lowest BCUT2D eigenvalue weighted by Crippen LogP contribution is -2.58. The normalized spacial score (nSPS) is 19.6. The lowest BCUT2D eigenvalue weighted by molar-refractivity contribution is -0.140. The van der Waals surface area contributed by atoms with Crippen LogP contribution in [0.1, 0.15) is 55.8 Å². The maximum absolute atomic E-state index is 13.7. The van der Waals surface area contributed by atoms with E-state index in [1.165, 1.54) is 13.2 Å². The van der Waals surface area contributed by atoms with E-state index in [9.17, 15) is 18.4 Å². The number of aryl methyl sites for hydroxylation is 1. The molecule has 184 valence electrons. The summed E-state index contributed by atoms with van der Waals surface area (Å²) in [5, 5.41) is 6.10. The number of pyridine rings is 1. The average Bonchev–Trinajstić information content (AvgIpc) is 2.76. The topological polar surface area (TPSA) is 89.5 Å². The fourth-order valence-electron chi connectivity index (χ4n) is 4.41. The number of carbonyl (C=O) groups excluding carboxylic acids is 2. The number of anilines is 1. The number of hydrogen-bond acceptors (Lipinski definition) is 6. The monoisotopic (exact) mass is 475 g/mol. The number of methoxy groups -OCH3 is 1. The first-order valence-electron chi connectivity index (χ1n) is 11.3. The van der Waals surface area contributed by atoms with Crippen molar-refractivity contribution in [1.82, 2.24) is 10.3 Å². The summed E-state index contributed by atoms with van der Waals surface area (Å²) in [6.45, 7) is 3.16. The smallest absolute Gasteiger partial charge is 0.388 e.